The van der Waals surface area contributed by atoms with Gasteiger partial charge >= 0.3 is 0 Å². The molecular formula is C17H17ClN2O4. The fourth-order valence-electron chi connectivity index (χ4n) is 2.03. The lowest BCUT2D eigenvalue weighted by Crippen LogP contribution is -2.21. The van der Waals surface area contributed by atoms with E-state index in [1.54, 1.807) is 24.3 Å². The number of rotatable bonds is 6. The second-order valence-electron chi connectivity index (χ2n) is 4.83. The molecule has 0 bridgehead atoms. The summed E-state index contributed by atoms with van der Waals surface area (Å²) in [7, 11) is 2.92. The largest absolute Gasteiger partial charge is 0.495 e. The number of nitrogens with one attached hydrogen (secondary N) is 2. The van der Waals surface area contributed by atoms with Crippen molar-refractivity contribution >= 4 is 34.8 Å². The molecule has 2 aromatic carbocycles. The average Bonchev–Trinajstić information content (AvgIpc) is 2.56. The Morgan fingerprint density at radius 1 is 0.958 bits per heavy atom. The van der Waals surface area contributed by atoms with Crippen LogP contribution in [-0.4, -0.2) is 26.0 Å². The zero-order chi connectivity index (χ0) is 17.5. The van der Waals surface area contributed by atoms with Gasteiger partial charge in [-0.05, 0) is 12.1 Å². The van der Waals surface area contributed by atoms with Gasteiger partial charge < -0.3 is 20.1 Å². The molecular weight excluding hydrogens is 332 g/mol. The van der Waals surface area contributed by atoms with E-state index < -0.39 is 11.8 Å². The predicted octanol–water partition coefficient (Wildman–Crippen LogP) is 3.32. The van der Waals surface area contributed by atoms with Crippen LogP contribution in [0.15, 0.2) is 42.5 Å². The molecule has 0 aliphatic heterocycles. The number of para-hydroxylation sites is 1. The summed E-state index contributed by atoms with van der Waals surface area (Å²) in [6.45, 7) is 0. The van der Waals surface area contributed by atoms with Gasteiger partial charge in [0.25, 0.3) is 0 Å². The van der Waals surface area contributed by atoms with Gasteiger partial charge in [-0.3, -0.25) is 9.59 Å². The fourth-order valence-corrected chi connectivity index (χ4v) is 2.26. The average molecular weight is 349 g/mol. The number of anilines is 2. The molecule has 24 heavy (non-hydrogen) atoms. The van der Waals surface area contributed by atoms with E-state index >= 15 is 0 Å². The van der Waals surface area contributed by atoms with Crippen LogP contribution >= 0.6 is 11.6 Å². The third-order valence-electron chi connectivity index (χ3n) is 3.13. The molecule has 0 atom stereocenters. The van der Waals surface area contributed by atoms with E-state index in [9.17, 15) is 9.59 Å². The Kier molecular flexibility index (Phi) is 6.03. The summed E-state index contributed by atoms with van der Waals surface area (Å²) in [5.41, 5.74) is 0.998. The predicted molar refractivity (Wildman–Crippen MR) is 92.9 cm³/mol. The van der Waals surface area contributed by atoms with Crippen molar-refractivity contribution in [3.8, 4) is 11.5 Å². The van der Waals surface area contributed by atoms with Crippen molar-refractivity contribution in [3.63, 3.8) is 0 Å². The Balaban J connectivity index is 2.02. The van der Waals surface area contributed by atoms with E-state index in [0.29, 0.717) is 27.9 Å². The Hall–Kier alpha value is -2.73. The van der Waals surface area contributed by atoms with E-state index in [0.717, 1.165) is 0 Å². The fraction of sp³-hybridized carbons (Fsp3) is 0.176. The minimum Gasteiger partial charge on any atom is -0.495 e. The summed E-state index contributed by atoms with van der Waals surface area (Å²) in [4.78, 5) is 24.0. The van der Waals surface area contributed by atoms with Crippen LogP contribution in [0.5, 0.6) is 11.5 Å². The summed E-state index contributed by atoms with van der Waals surface area (Å²) in [5.74, 6) is -0.135. The molecule has 6 nitrogen and oxygen atoms in total. The number of amides is 2. The van der Waals surface area contributed by atoms with Crippen molar-refractivity contribution in [2.45, 2.75) is 6.42 Å². The number of methoxy groups -OCH3 is 2. The van der Waals surface area contributed by atoms with Gasteiger partial charge in [-0.1, -0.05) is 29.8 Å². The van der Waals surface area contributed by atoms with E-state index in [1.165, 1.54) is 26.4 Å². The van der Waals surface area contributed by atoms with Crippen molar-refractivity contribution in [3.05, 3.63) is 47.5 Å². The van der Waals surface area contributed by atoms with Crippen molar-refractivity contribution in [2.75, 3.05) is 24.9 Å². The first-order chi connectivity index (χ1) is 11.5. The second-order valence-corrected chi connectivity index (χ2v) is 5.23. The molecule has 0 aliphatic rings. The summed E-state index contributed by atoms with van der Waals surface area (Å²) in [6, 6.07) is 12.0. The van der Waals surface area contributed by atoms with Gasteiger partial charge in [0.2, 0.25) is 11.8 Å². The molecule has 0 aliphatic carbocycles. The van der Waals surface area contributed by atoms with Crippen molar-refractivity contribution in [1.82, 2.24) is 0 Å². The number of benzene rings is 2. The van der Waals surface area contributed by atoms with E-state index in [1.807, 2.05) is 6.07 Å². The maximum absolute atomic E-state index is 12.1. The highest BCUT2D eigenvalue weighted by molar-refractivity contribution is 6.32. The molecule has 0 unspecified atom stereocenters. The van der Waals surface area contributed by atoms with Gasteiger partial charge in [-0.25, -0.2) is 0 Å². The topological polar surface area (TPSA) is 76.7 Å². The molecule has 7 heteroatoms. The highest BCUT2D eigenvalue weighted by Gasteiger charge is 2.15. The van der Waals surface area contributed by atoms with Crippen LogP contribution in [-0.2, 0) is 9.59 Å². The monoisotopic (exact) mass is 348 g/mol. The van der Waals surface area contributed by atoms with Gasteiger partial charge in [0.1, 0.15) is 17.9 Å². The van der Waals surface area contributed by atoms with Crippen LogP contribution < -0.4 is 20.1 Å². The molecule has 0 saturated carbocycles. The highest BCUT2D eigenvalue weighted by Crippen LogP contribution is 2.35. The molecule has 0 heterocycles. The van der Waals surface area contributed by atoms with Crippen LogP contribution in [0.1, 0.15) is 6.42 Å². The molecule has 0 radical (unpaired) electrons. The molecule has 2 rings (SSSR count). The molecule has 2 amide bonds. The van der Waals surface area contributed by atoms with Crippen LogP contribution in [0.25, 0.3) is 0 Å². The maximum atomic E-state index is 12.1. The lowest BCUT2D eigenvalue weighted by Gasteiger charge is -2.13. The Bertz CT molecular complexity index is 735. The smallest absolute Gasteiger partial charge is 0.233 e. The van der Waals surface area contributed by atoms with Crippen LogP contribution in [0, 0.1) is 0 Å². The van der Waals surface area contributed by atoms with Crippen LogP contribution in [0.4, 0.5) is 11.4 Å². The lowest BCUT2D eigenvalue weighted by molar-refractivity contribution is -0.123. The van der Waals surface area contributed by atoms with Gasteiger partial charge in [0.15, 0.2) is 0 Å². The summed E-state index contributed by atoms with van der Waals surface area (Å²) in [5, 5.41) is 5.61. The summed E-state index contributed by atoms with van der Waals surface area (Å²) >= 11 is 6.01. The lowest BCUT2D eigenvalue weighted by atomic mass is 10.2. The number of hydrogen-bond acceptors (Lipinski definition) is 4. The number of carbonyl (C=O) groups is 2. The summed E-state index contributed by atoms with van der Waals surface area (Å²) < 4.78 is 10.3. The van der Waals surface area contributed by atoms with E-state index in [2.05, 4.69) is 10.6 Å². The standard InChI is InChI=1S/C17H17ClN2O4/c1-23-14-9-13(15(24-2)8-12(14)18)20-17(22)10-16(21)19-11-6-4-3-5-7-11/h3-9H,10H2,1-2H3,(H,19,21)(H,20,22). The third kappa shape index (κ3) is 4.63. The summed E-state index contributed by atoms with van der Waals surface area (Å²) in [6.07, 6.45) is -0.330. The normalized spacial score (nSPS) is 9.96. The number of halogens is 1. The van der Waals surface area contributed by atoms with Crippen molar-refractivity contribution in [2.24, 2.45) is 0 Å². The number of ether oxygens (including phenoxy) is 2. The van der Waals surface area contributed by atoms with Crippen molar-refractivity contribution < 1.29 is 19.1 Å². The first-order valence-corrected chi connectivity index (χ1v) is 7.47. The number of carbonyl (C=O) groups excluding carboxylic acids is 2. The van der Waals surface area contributed by atoms with Crippen LogP contribution in [0.2, 0.25) is 5.02 Å². The Morgan fingerprint density at radius 2 is 1.58 bits per heavy atom. The molecule has 0 aromatic heterocycles. The molecule has 126 valence electrons. The molecule has 0 spiro atoms. The zero-order valence-electron chi connectivity index (χ0n) is 13.3. The minimum absolute atomic E-state index is 0.330. The van der Waals surface area contributed by atoms with Gasteiger partial charge in [-0.15, -0.1) is 0 Å². The molecule has 0 fully saturated rings. The highest BCUT2D eigenvalue weighted by atomic mass is 35.5. The van der Waals surface area contributed by atoms with Gasteiger partial charge in [-0.2, -0.15) is 0 Å². The molecule has 0 saturated heterocycles. The number of hydrogen-bond donors (Lipinski definition) is 2. The molecule has 2 N–H and O–H groups in total. The SMILES string of the molecule is COc1cc(NC(=O)CC(=O)Nc2ccccc2)c(OC)cc1Cl. The zero-order valence-corrected chi connectivity index (χ0v) is 14.0. The first kappa shape index (κ1) is 17.6. The minimum atomic E-state index is -0.480. The van der Waals surface area contributed by atoms with Crippen LogP contribution in [0.3, 0.4) is 0 Å². The van der Waals surface area contributed by atoms with Gasteiger partial charge in [0, 0.05) is 17.8 Å². The maximum Gasteiger partial charge on any atom is 0.233 e. The van der Waals surface area contributed by atoms with E-state index in [-0.39, 0.29) is 6.42 Å². The molecule has 2 aromatic rings. The third-order valence-corrected chi connectivity index (χ3v) is 3.42. The van der Waals surface area contributed by atoms with Gasteiger partial charge in [0.05, 0.1) is 24.9 Å². The second kappa shape index (κ2) is 8.21. The van der Waals surface area contributed by atoms with Crippen molar-refractivity contribution in [1.29, 1.82) is 0 Å². The Morgan fingerprint density at radius 3 is 2.21 bits per heavy atom. The Labute approximate surface area is 144 Å². The first-order valence-electron chi connectivity index (χ1n) is 7.09. The van der Waals surface area contributed by atoms with E-state index in [4.69, 9.17) is 21.1 Å². The quantitative estimate of drug-likeness (QED) is 0.785.